The van der Waals surface area contributed by atoms with E-state index in [1.54, 1.807) is 11.9 Å². The van der Waals surface area contributed by atoms with Gasteiger partial charge in [0, 0.05) is 33.2 Å². The van der Waals surface area contributed by atoms with Crippen LogP contribution < -0.4 is 4.90 Å². The fourth-order valence-corrected chi connectivity index (χ4v) is 3.31. The summed E-state index contributed by atoms with van der Waals surface area (Å²) in [6, 6.07) is 2.90. The smallest absolute Gasteiger partial charge is 0.415 e. The molecule has 3 fully saturated rings. The van der Waals surface area contributed by atoms with Crippen molar-refractivity contribution in [1.29, 1.82) is 0 Å². The van der Waals surface area contributed by atoms with Gasteiger partial charge in [0.1, 0.15) is 6.61 Å². The fraction of sp³-hybridized carbons (Fsp3) is 0.471. The first kappa shape index (κ1) is 20.1. The lowest BCUT2D eigenvalue weighted by Crippen LogP contribution is -2.49. The zero-order valence-electron chi connectivity index (χ0n) is 15.0. The molecule has 150 valence electrons. The molecule has 1 aromatic carbocycles. The molecule has 0 aromatic heterocycles. The van der Waals surface area contributed by atoms with Crippen LogP contribution in [0.2, 0.25) is 0 Å². The zero-order valence-corrected chi connectivity index (χ0v) is 15.8. The molecule has 8 nitrogen and oxygen atoms in total. The minimum atomic E-state index is -1.12. The molecule has 4 rings (SSSR count). The Morgan fingerprint density at radius 2 is 1.96 bits per heavy atom. The molecule has 1 aromatic rings. The van der Waals surface area contributed by atoms with E-state index in [1.165, 1.54) is 21.9 Å². The maximum atomic E-state index is 14.5. The molecular weight excluding hydrogens is 394 g/mol. The van der Waals surface area contributed by atoms with E-state index >= 15 is 0 Å². The monoisotopic (exact) mass is 412 g/mol. The van der Waals surface area contributed by atoms with E-state index in [1.807, 2.05) is 0 Å². The first-order valence-electron chi connectivity index (χ1n) is 8.48. The maximum Gasteiger partial charge on any atom is 0.415 e. The largest absolute Gasteiger partial charge is 0.416 e. The Labute approximate surface area is 165 Å². The van der Waals surface area contributed by atoms with Crippen LogP contribution in [0.4, 0.5) is 19.3 Å². The van der Waals surface area contributed by atoms with Crippen molar-refractivity contribution in [3.8, 4) is 0 Å². The minimum Gasteiger partial charge on any atom is -0.416 e. The average Bonchev–Trinajstić information content (AvgIpc) is 3.35. The third-order valence-corrected chi connectivity index (χ3v) is 5.05. The molecule has 1 atom stereocenters. The van der Waals surface area contributed by atoms with Crippen LogP contribution in [0.25, 0.3) is 0 Å². The minimum absolute atomic E-state index is 0.0254. The van der Waals surface area contributed by atoms with Gasteiger partial charge in [0.2, 0.25) is 11.6 Å². The Kier molecular flexibility index (Phi) is 5.59. The van der Waals surface area contributed by atoms with Gasteiger partial charge in [0.05, 0.1) is 23.0 Å². The molecule has 3 saturated heterocycles. The number of anilines is 1. The maximum absolute atomic E-state index is 14.5. The summed E-state index contributed by atoms with van der Waals surface area (Å²) in [6.07, 6.45) is -0.524. The average molecular weight is 412 g/mol. The van der Waals surface area contributed by atoms with Crippen LogP contribution in [-0.4, -0.2) is 78.4 Å². The van der Waals surface area contributed by atoms with Crippen molar-refractivity contribution in [3.05, 3.63) is 29.3 Å². The van der Waals surface area contributed by atoms with Gasteiger partial charge in [-0.15, -0.1) is 0 Å². The Balaban J connectivity index is 0.000000516. The van der Waals surface area contributed by atoms with Crippen LogP contribution in [-0.2, 0) is 15.3 Å². The SMILES string of the molecule is CN=C=S.O=C(CO)N1CCN(c2ccc(C34CN3C(=O)O4)c(F)c2F)CC1. The zero-order chi connectivity index (χ0) is 20.5. The highest BCUT2D eigenvalue weighted by molar-refractivity contribution is 7.78. The summed E-state index contributed by atoms with van der Waals surface area (Å²) in [7, 11) is 1.59. The van der Waals surface area contributed by atoms with E-state index in [0.29, 0.717) is 26.2 Å². The predicted octanol–water partition coefficient (Wildman–Crippen LogP) is 0.943. The predicted molar refractivity (Wildman–Crippen MR) is 98.1 cm³/mol. The van der Waals surface area contributed by atoms with Gasteiger partial charge in [-0.1, -0.05) is 0 Å². The van der Waals surface area contributed by atoms with Crippen LogP contribution in [0.3, 0.4) is 0 Å². The quantitative estimate of drug-likeness (QED) is 0.452. The molecule has 0 radical (unpaired) electrons. The van der Waals surface area contributed by atoms with Crippen LogP contribution in [0.1, 0.15) is 5.56 Å². The number of aliphatic hydroxyl groups is 1. The number of halogens is 2. The van der Waals surface area contributed by atoms with Crippen molar-refractivity contribution < 1.29 is 28.2 Å². The number of hydrogen-bond donors (Lipinski definition) is 1. The number of nitrogens with zero attached hydrogens (tertiary/aromatic N) is 4. The third kappa shape index (κ3) is 3.32. The lowest BCUT2D eigenvalue weighted by atomic mass is 10.1. The summed E-state index contributed by atoms with van der Waals surface area (Å²) in [5, 5.41) is 11.0. The number of carbonyl (C=O) groups excluding carboxylic acids is 2. The summed E-state index contributed by atoms with van der Waals surface area (Å²) in [5.74, 6) is -2.38. The van der Waals surface area contributed by atoms with Gasteiger partial charge < -0.3 is 19.6 Å². The number of ether oxygens (including phenoxy) is 1. The molecule has 1 N–H and O–H groups in total. The molecule has 28 heavy (non-hydrogen) atoms. The summed E-state index contributed by atoms with van der Waals surface area (Å²) in [6.45, 7) is 1.02. The molecule has 2 amide bonds. The van der Waals surface area contributed by atoms with Crippen molar-refractivity contribution in [3.63, 3.8) is 0 Å². The molecule has 3 aliphatic rings. The van der Waals surface area contributed by atoms with Gasteiger partial charge in [-0.2, -0.15) is 0 Å². The Morgan fingerprint density at radius 3 is 2.43 bits per heavy atom. The second-order valence-electron chi connectivity index (χ2n) is 6.34. The highest BCUT2D eigenvalue weighted by Gasteiger charge is 2.71. The second-order valence-corrected chi connectivity index (χ2v) is 6.52. The van der Waals surface area contributed by atoms with E-state index in [2.05, 4.69) is 22.4 Å². The van der Waals surface area contributed by atoms with E-state index in [9.17, 15) is 18.4 Å². The number of aliphatic hydroxyl groups excluding tert-OH is 1. The van der Waals surface area contributed by atoms with Crippen molar-refractivity contribution >= 4 is 35.1 Å². The van der Waals surface area contributed by atoms with Gasteiger partial charge in [-0.05, 0) is 24.4 Å². The van der Waals surface area contributed by atoms with Gasteiger partial charge in [-0.3, -0.25) is 9.69 Å². The number of thiocarbonyl (C=S) groups is 1. The summed E-state index contributed by atoms with van der Waals surface area (Å²) in [4.78, 5) is 30.3. The van der Waals surface area contributed by atoms with Crippen LogP contribution in [0.5, 0.6) is 0 Å². The number of amides is 2. The van der Waals surface area contributed by atoms with E-state index < -0.39 is 30.1 Å². The number of carbonyl (C=O) groups is 2. The molecule has 0 spiro atoms. The molecular formula is C17H18F2N4O4S. The molecule has 0 aliphatic carbocycles. The van der Waals surface area contributed by atoms with Crippen molar-refractivity contribution in [1.82, 2.24) is 9.80 Å². The van der Waals surface area contributed by atoms with Gasteiger partial charge in [0.15, 0.2) is 11.6 Å². The van der Waals surface area contributed by atoms with Gasteiger partial charge >= 0.3 is 6.09 Å². The molecule has 11 heteroatoms. The third-order valence-electron chi connectivity index (χ3n) is 4.86. The fourth-order valence-electron chi connectivity index (χ4n) is 3.31. The summed E-state index contributed by atoms with van der Waals surface area (Å²) < 4.78 is 33.9. The number of piperazine rings is 1. The normalized spacial score (nSPS) is 22.1. The molecule has 0 saturated carbocycles. The van der Waals surface area contributed by atoms with Crippen molar-refractivity contribution in [2.75, 3.05) is 51.3 Å². The number of aliphatic imine (C=N–C) groups is 1. The van der Waals surface area contributed by atoms with E-state index in [-0.39, 0.29) is 23.7 Å². The van der Waals surface area contributed by atoms with Crippen LogP contribution in [0.15, 0.2) is 17.1 Å². The Bertz CT molecular complexity index is 856. The number of isothiocyanates is 1. The van der Waals surface area contributed by atoms with Gasteiger partial charge in [0.25, 0.3) is 0 Å². The van der Waals surface area contributed by atoms with Crippen LogP contribution >= 0.6 is 12.2 Å². The molecule has 3 aliphatic heterocycles. The lowest BCUT2D eigenvalue weighted by Gasteiger charge is -2.36. The Hall–Kier alpha value is -2.62. The standard InChI is InChI=1S/C15H15F2N3O4.C2H3NS/c16-12-9(15-8-20(15)14(23)24-15)1-2-10(13(12)17)18-3-5-19(6-4-18)11(22)7-21;1-3-2-4/h1-2,21H,3-8H2;1H3. The molecule has 1 unspecified atom stereocenters. The molecule has 0 bridgehead atoms. The number of rotatable bonds is 3. The summed E-state index contributed by atoms with van der Waals surface area (Å²) >= 11 is 4.14. The number of benzene rings is 1. The molecule has 3 heterocycles. The topological polar surface area (TPSA) is 85.5 Å². The first-order chi connectivity index (χ1) is 13.4. The highest BCUT2D eigenvalue weighted by atomic mass is 32.1. The van der Waals surface area contributed by atoms with E-state index in [0.717, 1.165) is 0 Å². The van der Waals surface area contributed by atoms with Crippen LogP contribution in [0, 0.1) is 11.6 Å². The van der Waals surface area contributed by atoms with E-state index in [4.69, 9.17) is 9.84 Å². The van der Waals surface area contributed by atoms with Gasteiger partial charge in [-0.25, -0.2) is 18.6 Å². The number of hydrogen-bond acceptors (Lipinski definition) is 7. The van der Waals surface area contributed by atoms with Crippen molar-refractivity contribution in [2.45, 2.75) is 5.72 Å². The Morgan fingerprint density at radius 1 is 1.32 bits per heavy atom. The summed E-state index contributed by atoms with van der Waals surface area (Å²) in [5.41, 5.74) is -0.980. The first-order valence-corrected chi connectivity index (χ1v) is 8.89. The second kappa shape index (κ2) is 7.78. The number of fused-ring (bicyclic) bond motifs is 1. The highest BCUT2D eigenvalue weighted by Crippen LogP contribution is 2.53. The lowest BCUT2D eigenvalue weighted by molar-refractivity contribution is -0.134. The van der Waals surface area contributed by atoms with Crippen molar-refractivity contribution in [2.24, 2.45) is 4.99 Å².